The zero-order valence-electron chi connectivity index (χ0n) is 16.1. The lowest BCUT2D eigenvalue weighted by Gasteiger charge is -2.19. The molecule has 8 nitrogen and oxygen atoms in total. The van der Waals surface area contributed by atoms with Gasteiger partial charge >= 0.3 is 6.09 Å². The molecule has 0 aliphatic heterocycles. The summed E-state index contributed by atoms with van der Waals surface area (Å²) in [5, 5.41) is 7.98. The van der Waals surface area contributed by atoms with Gasteiger partial charge in [-0.2, -0.15) is 0 Å². The van der Waals surface area contributed by atoms with E-state index < -0.39 is 11.7 Å². The van der Waals surface area contributed by atoms with Gasteiger partial charge in [-0.05, 0) is 57.2 Å². The number of nitrogens with zero attached hydrogens (tertiary/aromatic N) is 1. The van der Waals surface area contributed by atoms with Crippen LogP contribution >= 0.6 is 0 Å². The quantitative estimate of drug-likeness (QED) is 0.709. The number of pyridine rings is 1. The summed E-state index contributed by atoms with van der Waals surface area (Å²) in [6, 6.07) is 11.8. The van der Waals surface area contributed by atoms with Gasteiger partial charge in [0.1, 0.15) is 11.3 Å². The number of benzene rings is 1. The van der Waals surface area contributed by atoms with Gasteiger partial charge in [0.15, 0.2) is 0 Å². The molecule has 8 heteroatoms. The zero-order valence-corrected chi connectivity index (χ0v) is 16.1. The topological polar surface area (TPSA) is 109 Å². The largest absolute Gasteiger partial charge is 0.444 e. The number of nitrogens with one attached hydrogen (secondary N) is 3. The van der Waals surface area contributed by atoms with E-state index in [1.165, 1.54) is 0 Å². The highest BCUT2D eigenvalue weighted by atomic mass is 16.6. The number of hydrogen-bond acceptors (Lipinski definition) is 5. The molecule has 2 rings (SSSR count). The Morgan fingerprint density at radius 2 is 1.61 bits per heavy atom. The molecule has 0 atom stereocenters. The number of anilines is 2. The van der Waals surface area contributed by atoms with Crippen LogP contribution in [-0.4, -0.2) is 35.0 Å². The second-order valence-electron chi connectivity index (χ2n) is 6.97. The fourth-order valence-electron chi connectivity index (χ4n) is 2.14. The van der Waals surface area contributed by atoms with Crippen LogP contribution in [0.4, 0.5) is 16.2 Å². The van der Waals surface area contributed by atoms with Crippen molar-refractivity contribution in [2.45, 2.75) is 32.8 Å². The van der Waals surface area contributed by atoms with E-state index in [1.54, 1.807) is 69.4 Å². The normalized spacial score (nSPS) is 10.7. The van der Waals surface area contributed by atoms with Gasteiger partial charge < -0.3 is 20.7 Å². The standard InChI is InChI=1S/C20H24N4O4/c1-20(2,3)28-19(27)22-13-11-17(25)23-14-7-9-15(10-8-14)24-18(26)16-6-4-5-12-21-16/h4-10,12H,11,13H2,1-3H3,(H,22,27)(H,23,25)(H,24,26). The van der Waals surface area contributed by atoms with Crippen LogP contribution in [0.2, 0.25) is 0 Å². The molecule has 0 unspecified atom stereocenters. The third-order valence-corrected chi connectivity index (χ3v) is 3.34. The van der Waals surface area contributed by atoms with Crippen molar-refractivity contribution in [3.05, 3.63) is 54.4 Å². The van der Waals surface area contributed by atoms with Crippen LogP contribution in [-0.2, 0) is 9.53 Å². The van der Waals surface area contributed by atoms with Crippen LogP contribution in [0.25, 0.3) is 0 Å². The van der Waals surface area contributed by atoms with Gasteiger partial charge in [0.05, 0.1) is 0 Å². The maximum atomic E-state index is 12.0. The summed E-state index contributed by atoms with van der Waals surface area (Å²) >= 11 is 0. The predicted molar refractivity (Wildman–Crippen MR) is 106 cm³/mol. The fraction of sp³-hybridized carbons (Fsp3) is 0.300. The second kappa shape index (κ2) is 9.50. The van der Waals surface area contributed by atoms with Gasteiger partial charge in [-0.1, -0.05) is 6.07 Å². The van der Waals surface area contributed by atoms with Crippen LogP contribution in [0.1, 0.15) is 37.7 Å². The average Bonchev–Trinajstić information content (AvgIpc) is 2.62. The van der Waals surface area contributed by atoms with Crippen molar-refractivity contribution in [1.82, 2.24) is 10.3 Å². The highest BCUT2D eigenvalue weighted by molar-refractivity contribution is 6.03. The molecule has 1 aromatic carbocycles. The summed E-state index contributed by atoms with van der Waals surface area (Å²) in [6.45, 7) is 5.46. The van der Waals surface area contributed by atoms with Crippen molar-refractivity contribution in [3.63, 3.8) is 0 Å². The molecule has 0 spiro atoms. The zero-order chi connectivity index (χ0) is 20.6. The molecule has 1 aromatic heterocycles. The summed E-state index contributed by atoms with van der Waals surface area (Å²) in [6.07, 6.45) is 1.09. The summed E-state index contributed by atoms with van der Waals surface area (Å²) in [7, 11) is 0. The van der Waals surface area contributed by atoms with Gasteiger partial charge in [0.2, 0.25) is 5.91 Å². The molecule has 0 saturated carbocycles. The first kappa shape index (κ1) is 20.9. The summed E-state index contributed by atoms with van der Waals surface area (Å²) in [5.41, 5.74) is 0.899. The molecule has 3 N–H and O–H groups in total. The van der Waals surface area contributed by atoms with Crippen LogP contribution in [0.15, 0.2) is 48.7 Å². The van der Waals surface area contributed by atoms with Gasteiger partial charge in [-0.15, -0.1) is 0 Å². The van der Waals surface area contributed by atoms with Crippen molar-refractivity contribution in [2.24, 2.45) is 0 Å². The fourth-order valence-corrected chi connectivity index (χ4v) is 2.14. The molecular formula is C20H24N4O4. The lowest BCUT2D eigenvalue weighted by molar-refractivity contribution is -0.116. The number of alkyl carbamates (subject to hydrolysis) is 1. The number of aromatic nitrogens is 1. The maximum absolute atomic E-state index is 12.0. The Morgan fingerprint density at radius 3 is 2.18 bits per heavy atom. The highest BCUT2D eigenvalue weighted by Crippen LogP contribution is 2.14. The summed E-state index contributed by atoms with van der Waals surface area (Å²) in [5.74, 6) is -0.563. The molecule has 0 fully saturated rings. The molecule has 0 aliphatic carbocycles. The van der Waals surface area contributed by atoms with E-state index >= 15 is 0 Å². The maximum Gasteiger partial charge on any atom is 0.407 e. The third-order valence-electron chi connectivity index (χ3n) is 3.34. The van der Waals surface area contributed by atoms with Crippen LogP contribution in [0.3, 0.4) is 0 Å². The van der Waals surface area contributed by atoms with E-state index in [-0.39, 0.29) is 24.8 Å². The molecular weight excluding hydrogens is 360 g/mol. The second-order valence-corrected chi connectivity index (χ2v) is 6.97. The molecule has 0 radical (unpaired) electrons. The third kappa shape index (κ3) is 7.45. The predicted octanol–water partition coefficient (Wildman–Crippen LogP) is 3.19. The Morgan fingerprint density at radius 1 is 0.964 bits per heavy atom. The molecule has 28 heavy (non-hydrogen) atoms. The molecule has 0 saturated heterocycles. The lowest BCUT2D eigenvalue weighted by atomic mass is 10.2. The number of rotatable bonds is 6. The lowest BCUT2D eigenvalue weighted by Crippen LogP contribution is -2.34. The van der Waals surface area contributed by atoms with Crippen molar-refractivity contribution in [3.8, 4) is 0 Å². The Bertz CT molecular complexity index is 814. The number of carbonyl (C=O) groups excluding carboxylic acids is 3. The SMILES string of the molecule is CC(C)(C)OC(=O)NCCC(=O)Nc1ccc(NC(=O)c2ccccn2)cc1. The van der Waals surface area contributed by atoms with E-state index in [0.29, 0.717) is 17.1 Å². The first-order valence-electron chi connectivity index (χ1n) is 8.82. The summed E-state index contributed by atoms with van der Waals surface area (Å²) in [4.78, 5) is 39.5. The molecule has 0 bridgehead atoms. The molecule has 1 heterocycles. The van der Waals surface area contributed by atoms with E-state index in [4.69, 9.17) is 4.74 Å². The Kier molecular flexibility index (Phi) is 7.08. The molecule has 148 valence electrons. The van der Waals surface area contributed by atoms with E-state index in [0.717, 1.165) is 0 Å². The van der Waals surface area contributed by atoms with Crippen LogP contribution < -0.4 is 16.0 Å². The Hall–Kier alpha value is -3.42. The molecule has 0 aliphatic rings. The van der Waals surface area contributed by atoms with Crippen molar-refractivity contribution < 1.29 is 19.1 Å². The van der Waals surface area contributed by atoms with E-state index in [2.05, 4.69) is 20.9 Å². The summed E-state index contributed by atoms with van der Waals surface area (Å²) < 4.78 is 5.09. The minimum atomic E-state index is -0.583. The van der Waals surface area contributed by atoms with Crippen molar-refractivity contribution in [1.29, 1.82) is 0 Å². The first-order valence-corrected chi connectivity index (χ1v) is 8.82. The number of carbonyl (C=O) groups is 3. The van der Waals surface area contributed by atoms with E-state index in [9.17, 15) is 14.4 Å². The van der Waals surface area contributed by atoms with E-state index in [1.807, 2.05) is 0 Å². The van der Waals surface area contributed by atoms with Gasteiger partial charge in [0.25, 0.3) is 5.91 Å². The Balaban J connectivity index is 1.76. The van der Waals surface area contributed by atoms with Crippen molar-refractivity contribution in [2.75, 3.05) is 17.2 Å². The number of hydrogen-bond donors (Lipinski definition) is 3. The van der Waals surface area contributed by atoms with Gasteiger partial charge in [0, 0.05) is 30.5 Å². The number of ether oxygens (including phenoxy) is 1. The smallest absolute Gasteiger partial charge is 0.407 e. The number of amides is 3. The molecule has 3 amide bonds. The van der Waals surface area contributed by atoms with Gasteiger partial charge in [-0.25, -0.2) is 4.79 Å². The highest BCUT2D eigenvalue weighted by Gasteiger charge is 2.16. The average molecular weight is 384 g/mol. The monoisotopic (exact) mass is 384 g/mol. The minimum Gasteiger partial charge on any atom is -0.444 e. The first-order chi connectivity index (χ1) is 13.2. The van der Waals surface area contributed by atoms with Gasteiger partial charge in [-0.3, -0.25) is 14.6 Å². The minimum absolute atomic E-state index is 0.109. The molecule has 2 aromatic rings. The van der Waals surface area contributed by atoms with Crippen molar-refractivity contribution >= 4 is 29.3 Å². The van der Waals surface area contributed by atoms with Crippen LogP contribution in [0.5, 0.6) is 0 Å². The van der Waals surface area contributed by atoms with Crippen LogP contribution in [0, 0.1) is 0 Å². The Labute approximate surface area is 163 Å².